The molecule has 26 heavy (non-hydrogen) atoms. The molecule has 140 valence electrons. The highest BCUT2D eigenvalue weighted by Crippen LogP contribution is 2.31. The van der Waals surface area contributed by atoms with Gasteiger partial charge in [-0.3, -0.25) is 9.59 Å². The molecule has 9 heteroatoms. The quantitative estimate of drug-likeness (QED) is 0.815. The molecule has 2 aliphatic heterocycles. The topological polar surface area (TPSA) is 107 Å². The Morgan fingerprint density at radius 1 is 1.35 bits per heavy atom. The lowest BCUT2D eigenvalue weighted by atomic mass is 10.1. The molecule has 1 atom stereocenters. The molecule has 0 saturated carbocycles. The van der Waals surface area contributed by atoms with Gasteiger partial charge in [-0.05, 0) is 31.4 Å². The van der Waals surface area contributed by atoms with E-state index in [1.807, 2.05) is 6.92 Å². The molecule has 8 nitrogen and oxygen atoms in total. The zero-order valence-corrected chi connectivity index (χ0v) is 15.3. The van der Waals surface area contributed by atoms with Crippen molar-refractivity contribution < 1.29 is 23.1 Å². The third kappa shape index (κ3) is 3.31. The van der Waals surface area contributed by atoms with E-state index in [9.17, 15) is 18.0 Å². The Bertz CT molecular complexity index is 865. The van der Waals surface area contributed by atoms with Crippen molar-refractivity contribution >= 4 is 27.7 Å². The van der Waals surface area contributed by atoms with Crippen molar-refractivity contribution in [3.8, 4) is 0 Å². The standard InChI is InChI=1S/C17H21N3O5S/c1-2-9-19(11-15(21)22)17(23)13-7-5-10-20(13)16-12-6-3-4-8-14(12)26(24,25)18-16/h3-4,6,8,13H,2,5,7,9-11H2,1H3,(H,21,22)/t13-/m0/s1. The van der Waals surface area contributed by atoms with Crippen LogP contribution in [0.5, 0.6) is 0 Å². The smallest absolute Gasteiger partial charge is 0.323 e. The van der Waals surface area contributed by atoms with Crippen LogP contribution in [0.3, 0.4) is 0 Å². The number of aliphatic carboxylic acids is 1. The van der Waals surface area contributed by atoms with Gasteiger partial charge in [0.1, 0.15) is 17.5 Å². The van der Waals surface area contributed by atoms with Gasteiger partial charge in [0.05, 0.1) is 0 Å². The fraction of sp³-hybridized carbons (Fsp3) is 0.471. The molecule has 1 aromatic carbocycles. The molecule has 0 aromatic heterocycles. The van der Waals surface area contributed by atoms with E-state index in [1.165, 1.54) is 11.0 Å². The normalized spacial score (nSPS) is 20.6. The average molecular weight is 379 g/mol. The molecule has 2 heterocycles. The van der Waals surface area contributed by atoms with Crippen LogP contribution in [0, 0.1) is 0 Å². The van der Waals surface area contributed by atoms with Crippen LogP contribution in [-0.4, -0.2) is 66.7 Å². The molecular formula is C17H21N3O5S. The van der Waals surface area contributed by atoms with Crippen LogP contribution in [-0.2, 0) is 19.6 Å². The summed E-state index contributed by atoms with van der Waals surface area (Å²) in [7, 11) is -3.76. The molecule has 0 spiro atoms. The summed E-state index contributed by atoms with van der Waals surface area (Å²) < 4.78 is 28.5. The zero-order chi connectivity index (χ0) is 18.9. The van der Waals surface area contributed by atoms with Gasteiger partial charge in [-0.15, -0.1) is 4.40 Å². The first-order valence-electron chi connectivity index (χ1n) is 8.56. The molecule has 1 fully saturated rings. The van der Waals surface area contributed by atoms with Crippen LogP contribution >= 0.6 is 0 Å². The van der Waals surface area contributed by atoms with Crippen molar-refractivity contribution in [1.82, 2.24) is 9.80 Å². The Morgan fingerprint density at radius 2 is 2.08 bits per heavy atom. The van der Waals surface area contributed by atoms with Crippen molar-refractivity contribution in [1.29, 1.82) is 0 Å². The summed E-state index contributed by atoms with van der Waals surface area (Å²) in [4.78, 5) is 27.2. The minimum atomic E-state index is -3.76. The number of rotatable bonds is 5. The van der Waals surface area contributed by atoms with Gasteiger partial charge in [0, 0.05) is 18.7 Å². The number of amides is 1. The second kappa shape index (κ2) is 7.06. The lowest BCUT2D eigenvalue weighted by Gasteiger charge is -2.30. The summed E-state index contributed by atoms with van der Waals surface area (Å²) in [5, 5.41) is 9.07. The fourth-order valence-corrected chi connectivity index (χ4v) is 4.70. The van der Waals surface area contributed by atoms with Gasteiger partial charge >= 0.3 is 5.97 Å². The number of likely N-dealkylation sites (tertiary alicyclic amines) is 1. The Morgan fingerprint density at radius 3 is 2.77 bits per heavy atom. The Hall–Kier alpha value is -2.42. The number of carbonyl (C=O) groups is 2. The molecular weight excluding hydrogens is 358 g/mol. The number of carbonyl (C=O) groups excluding carboxylic acids is 1. The number of hydrogen-bond donors (Lipinski definition) is 1. The van der Waals surface area contributed by atoms with Crippen molar-refractivity contribution in [2.45, 2.75) is 37.1 Å². The van der Waals surface area contributed by atoms with Crippen LogP contribution in [0.15, 0.2) is 33.6 Å². The van der Waals surface area contributed by atoms with Gasteiger partial charge in [0.25, 0.3) is 10.0 Å². The average Bonchev–Trinajstić information content (AvgIpc) is 3.17. The second-order valence-corrected chi connectivity index (χ2v) is 7.96. The number of carboxylic acid groups (broad SMARTS) is 1. The molecule has 1 N–H and O–H groups in total. The van der Waals surface area contributed by atoms with E-state index in [0.717, 1.165) is 0 Å². The zero-order valence-electron chi connectivity index (χ0n) is 14.5. The SMILES string of the molecule is CCCN(CC(=O)O)C(=O)[C@@H]1CCCN1C1=NS(=O)(=O)c2ccccc21. The van der Waals surface area contributed by atoms with Crippen LogP contribution in [0.25, 0.3) is 0 Å². The van der Waals surface area contributed by atoms with E-state index in [4.69, 9.17) is 5.11 Å². The number of benzene rings is 1. The van der Waals surface area contributed by atoms with Gasteiger partial charge in [-0.25, -0.2) is 0 Å². The summed E-state index contributed by atoms with van der Waals surface area (Å²) >= 11 is 0. The third-order valence-corrected chi connectivity index (χ3v) is 5.88. The molecule has 0 unspecified atom stereocenters. The first-order valence-corrected chi connectivity index (χ1v) is 10.0. The molecule has 1 amide bonds. The minimum Gasteiger partial charge on any atom is -0.480 e. The summed E-state index contributed by atoms with van der Waals surface area (Å²) in [5.74, 6) is -1.08. The van der Waals surface area contributed by atoms with Crippen molar-refractivity contribution in [2.75, 3.05) is 19.6 Å². The van der Waals surface area contributed by atoms with Crippen LogP contribution in [0.2, 0.25) is 0 Å². The van der Waals surface area contributed by atoms with E-state index < -0.39 is 22.0 Å². The number of nitrogens with zero attached hydrogens (tertiary/aromatic N) is 3. The highest BCUT2D eigenvalue weighted by atomic mass is 32.2. The minimum absolute atomic E-state index is 0.143. The summed E-state index contributed by atoms with van der Waals surface area (Å²) in [5.41, 5.74) is 0.493. The molecule has 1 aromatic rings. The number of amidine groups is 1. The van der Waals surface area contributed by atoms with E-state index in [1.54, 1.807) is 23.1 Å². The predicted molar refractivity (Wildman–Crippen MR) is 94.4 cm³/mol. The first kappa shape index (κ1) is 18.4. The van der Waals surface area contributed by atoms with E-state index in [0.29, 0.717) is 37.9 Å². The highest BCUT2D eigenvalue weighted by molar-refractivity contribution is 7.90. The van der Waals surface area contributed by atoms with Crippen LogP contribution < -0.4 is 0 Å². The Labute approximate surface area is 152 Å². The monoisotopic (exact) mass is 379 g/mol. The summed E-state index contributed by atoms with van der Waals surface area (Å²) in [6.07, 6.45) is 1.90. The lowest BCUT2D eigenvalue weighted by molar-refractivity contribution is -0.146. The van der Waals surface area contributed by atoms with Crippen LogP contribution in [0.4, 0.5) is 0 Å². The maximum atomic E-state index is 12.9. The number of carboxylic acids is 1. The predicted octanol–water partition coefficient (Wildman–Crippen LogP) is 0.923. The first-order chi connectivity index (χ1) is 12.3. The molecule has 0 aliphatic carbocycles. The van der Waals surface area contributed by atoms with Crippen molar-refractivity contribution in [3.63, 3.8) is 0 Å². The van der Waals surface area contributed by atoms with Gasteiger partial charge in [0.2, 0.25) is 5.91 Å². The summed E-state index contributed by atoms with van der Waals surface area (Å²) in [6, 6.07) is 5.95. The van der Waals surface area contributed by atoms with E-state index in [2.05, 4.69) is 4.40 Å². The van der Waals surface area contributed by atoms with Gasteiger partial charge in [-0.1, -0.05) is 19.1 Å². The van der Waals surface area contributed by atoms with E-state index >= 15 is 0 Å². The molecule has 0 radical (unpaired) electrons. The van der Waals surface area contributed by atoms with Gasteiger partial charge in [0.15, 0.2) is 5.84 Å². The largest absolute Gasteiger partial charge is 0.480 e. The van der Waals surface area contributed by atoms with Gasteiger partial charge in [-0.2, -0.15) is 8.42 Å². The van der Waals surface area contributed by atoms with Crippen molar-refractivity contribution in [2.24, 2.45) is 4.40 Å². The lowest BCUT2D eigenvalue weighted by Crippen LogP contribution is -2.49. The van der Waals surface area contributed by atoms with Crippen molar-refractivity contribution in [3.05, 3.63) is 29.8 Å². The molecule has 0 bridgehead atoms. The third-order valence-electron chi connectivity index (χ3n) is 4.55. The summed E-state index contributed by atoms with van der Waals surface area (Å²) in [6.45, 7) is 2.36. The number of hydrogen-bond acceptors (Lipinski definition) is 5. The molecule has 1 saturated heterocycles. The Kier molecular flexibility index (Phi) is 4.99. The fourth-order valence-electron chi connectivity index (χ4n) is 3.48. The number of sulfonamides is 1. The molecule has 2 aliphatic rings. The van der Waals surface area contributed by atoms with Crippen LogP contribution in [0.1, 0.15) is 31.7 Å². The Balaban J connectivity index is 1.92. The molecule has 3 rings (SSSR count). The maximum Gasteiger partial charge on any atom is 0.323 e. The second-order valence-electron chi connectivity index (χ2n) is 6.39. The number of fused-ring (bicyclic) bond motifs is 1. The maximum absolute atomic E-state index is 12.9. The van der Waals surface area contributed by atoms with E-state index in [-0.39, 0.29) is 23.2 Å². The van der Waals surface area contributed by atoms with Gasteiger partial charge < -0.3 is 14.9 Å². The highest BCUT2D eigenvalue weighted by Gasteiger charge is 2.40.